The number of nitrogens with one attached hydrogen (secondary N) is 1. The Morgan fingerprint density at radius 3 is 2.50 bits per heavy atom. The van der Waals surface area contributed by atoms with Gasteiger partial charge in [-0.1, -0.05) is 29.3 Å². The van der Waals surface area contributed by atoms with Gasteiger partial charge in [0.2, 0.25) is 5.91 Å². The van der Waals surface area contributed by atoms with Gasteiger partial charge in [0, 0.05) is 56.1 Å². The fourth-order valence-corrected chi connectivity index (χ4v) is 4.67. The maximum Gasteiger partial charge on any atom is 0.274 e. The molecule has 0 radical (unpaired) electrons. The maximum atomic E-state index is 12.7. The highest BCUT2D eigenvalue weighted by Crippen LogP contribution is 2.32. The van der Waals surface area contributed by atoms with Crippen molar-refractivity contribution in [1.29, 1.82) is 0 Å². The summed E-state index contributed by atoms with van der Waals surface area (Å²) < 4.78 is 0. The van der Waals surface area contributed by atoms with Gasteiger partial charge in [0.05, 0.1) is 5.02 Å². The molecule has 0 bridgehead atoms. The van der Waals surface area contributed by atoms with E-state index in [0.717, 1.165) is 24.3 Å². The van der Waals surface area contributed by atoms with Gasteiger partial charge in [0.15, 0.2) is 0 Å². The summed E-state index contributed by atoms with van der Waals surface area (Å²) in [6.07, 6.45) is 2.02. The molecule has 3 heterocycles. The Balaban J connectivity index is 1.24. The van der Waals surface area contributed by atoms with Crippen LogP contribution in [0.5, 0.6) is 0 Å². The summed E-state index contributed by atoms with van der Waals surface area (Å²) >= 11 is 12.2. The van der Waals surface area contributed by atoms with Crippen molar-refractivity contribution in [2.75, 3.05) is 38.0 Å². The van der Waals surface area contributed by atoms with Crippen LogP contribution in [0.4, 0.5) is 5.69 Å². The summed E-state index contributed by atoms with van der Waals surface area (Å²) in [4.78, 5) is 33.3. The summed E-state index contributed by atoms with van der Waals surface area (Å²) in [7, 11) is 0. The molecule has 2 amide bonds. The van der Waals surface area contributed by atoms with E-state index in [1.54, 1.807) is 24.4 Å². The molecule has 1 aromatic carbocycles. The van der Waals surface area contributed by atoms with Crippen molar-refractivity contribution in [2.45, 2.75) is 13.3 Å². The van der Waals surface area contributed by atoms with Gasteiger partial charge in [0.1, 0.15) is 5.69 Å². The van der Waals surface area contributed by atoms with Crippen LogP contribution < -0.4 is 5.32 Å². The number of anilines is 1. The van der Waals surface area contributed by atoms with E-state index in [2.05, 4.69) is 15.2 Å². The quantitative estimate of drug-likeness (QED) is 0.759. The number of rotatable bonds is 5. The number of halogens is 2. The lowest BCUT2D eigenvalue weighted by Gasteiger charge is -2.21. The number of carbonyl (C=O) groups is 2. The van der Waals surface area contributed by atoms with Crippen LogP contribution in [-0.2, 0) is 4.79 Å². The minimum absolute atomic E-state index is 0.0198. The van der Waals surface area contributed by atoms with Gasteiger partial charge in [-0.15, -0.1) is 0 Å². The first-order chi connectivity index (χ1) is 14.4. The van der Waals surface area contributed by atoms with Crippen molar-refractivity contribution in [1.82, 2.24) is 14.8 Å². The third-order valence-corrected chi connectivity index (χ3v) is 6.63. The minimum atomic E-state index is -0.0994. The average Bonchev–Trinajstić information content (AvgIpc) is 3.28. The Kier molecular flexibility index (Phi) is 6.27. The lowest BCUT2D eigenvalue weighted by atomic mass is 10.0. The van der Waals surface area contributed by atoms with Gasteiger partial charge >= 0.3 is 0 Å². The molecule has 2 atom stereocenters. The van der Waals surface area contributed by atoms with Gasteiger partial charge in [-0.25, -0.2) is 4.98 Å². The second-order valence-corrected chi connectivity index (χ2v) is 8.90. The molecule has 0 aliphatic carbocycles. The van der Waals surface area contributed by atoms with Crippen LogP contribution in [0.1, 0.15) is 22.5 Å². The van der Waals surface area contributed by atoms with Crippen molar-refractivity contribution < 1.29 is 9.59 Å². The molecule has 2 fully saturated rings. The normalized spacial score (nSPS) is 21.0. The van der Waals surface area contributed by atoms with E-state index in [1.807, 2.05) is 24.0 Å². The predicted octanol–water partition coefficient (Wildman–Crippen LogP) is 3.73. The molecule has 4 rings (SSSR count). The number of nitrogens with zero attached hydrogens (tertiary/aromatic N) is 3. The van der Waals surface area contributed by atoms with E-state index in [-0.39, 0.29) is 11.8 Å². The zero-order chi connectivity index (χ0) is 21.3. The number of hydrogen-bond acceptors (Lipinski definition) is 4. The Morgan fingerprint density at radius 1 is 1.10 bits per heavy atom. The summed E-state index contributed by atoms with van der Waals surface area (Å²) in [5, 5.41) is 3.94. The zero-order valence-electron chi connectivity index (χ0n) is 16.8. The van der Waals surface area contributed by atoms with Crippen molar-refractivity contribution in [3.05, 3.63) is 57.8 Å². The van der Waals surface area contributed by atoms with Crippen LogP contribution in [0.25, 0.3) is 0 Å². The van der Waals surface area contributed by atoms with Crippen molar-refractivity contribution in [3.8, 4) is 0 Å². The molecule has 30 heavy (non-hydrogen) atoms. The van der Waals surface area contributed by atoms with Gasteiger partial charge < -0.3 is 15.1 Å². The number of fused-ring (bicyclic) bond motifs is 1. The molecule has 8 heteroatoms. The molecular formula is C22H24Cl2N4O2. The average molecular weight is 447 g/mol. The predicted molar refractivity (Wildman–Crippen MR) is 118 cm³/mol. The summed E-state index contributed by atoms with van der Waals surface area (Å²) in [6.45, 7) is 5.85. The highest BCUT2D eigenvalue weighted by Gasteiger charge is 2.42. The van der Waals surface area contributed by atoms with E-state index in [0.29, 0.717) is 53.6 Å². The molecule has 2 aromatic rings. The number of pyridine rings is 1. The number of aryl methyl sites for hydroxylation is 1. The lowest BCUT2D eigenvalue weighted by Crippen LogP contribution is -2.34. The van der Waals surface area contributed by atoms with E-state index in [1.165, 1.54) is 0 Å². The summed E-state index contributed by atoms with van der Waals surface area (Å²) in [5.41, 5.74) is 2.02. The zero-order valence-corrected chi connectivity index (χ0v) is 18.3. The molecule has 1 aromatic heterocycles. The number of likely N-dealkylation sites (tertiary alicyclic amines) is 2. The second kappa shape index (κ2) is 8.92. The minimum Gasteiger partial charge on any atom is -0.337 e. The van der Waals surface area contributed by atoms with Crippen LogP contribution in [0.3, 0.4) is 0 Å². The van der Waals surface area contributed by atoms with Gasteiger partial charge in [0.25, 0.3) is 5.91 Å². The topological polar surface area (TPSA) is 65.5 Å². The molecule has 2 aliphatic heterocycles. The second-order valence-electron chi connectivity index (χ2n) is 8.09. The standard InChI is InChI=1S/C22H24Cl2N4O2/c1-14-4-5-17(9-19(14)24)26-20(29)6-8-27-10-15-12-28(13-16(15)11-27)22(30)21-18(23)3-2-7-25-21/h2-5,7,9,15-16H,6,8,10-13H2,1H3,(H,26,29). The largest absolute Gasteiger partial charge is 0.337 e. The Hall–Kier alpha value is -2.15. The van der Waals surface area contributed by atoms with Crippen LogP contribution in [-0.4, -0.2) is 59.3 Å². The number of carbonyl (C=O) groups excluding carboxylic acids is 2. The van der Waals surface area contributed by atoms with Crippen molar-refractivity contribution >= 4 is 40.7 Å². The van der Waals surface area contributed by atoms with Gasteiger partial charge in [-0.3, -0.25) is 9.59 Å². The van der Waals surface area contributed by atoms with Crippen LogP contribution in [0.15, 0.2) is 36.5 Å². The third kappa shape index (κ3) is 4.61. The Morgan fingerprint density at radius 2 is 1.83 bits per heavy atom. The van der Waals surface area contributed by atoms with Crippen LogP contribution >= 0.6 is 23.2 Å². The molecule has 2 unspecified atom stereocenters. The molecule has 1 N–H and O–H groups in total. The first kappa shape index (κ1) is 21.1. The molecular weight excluding hydrogens is 423 g/mol. The summed E-state index contributed by atoms with van der Waals surface area (Å²) in [5.74, 6) is 0.733. The van der Waals surface area contributed by atoms with Crippen LogP contribution in [0, 0.1) is 18.8 Å². The fourth-order valence-electron chi connectivity index (χ4n) is 4.29. The number of amides is 2. The van der Waals surface area contributed by atoms with E-state index < -0.39 is 0 Å². The molecule has 6 nitrogen and oxygen atoms in total. The number of aromatic nitrogens is 1. The summed E-state index contributed by atoms with van der Waals surface area (Å²) in [6, 6.07) is 8.94. The van der Waals surface area contributed by atoms with Crippen LogP contribution in [0.2, 0.25) is 10.0 Å². The molecule has 2 saturated heterocycles. The maximum absolute atomic E-state index is 12.7. The molecule has 2 aliphatic rings. The molecule has 0 spiro atoms. The highest BCUT2D eigenvalue weighted by molar-refractivity contribution is 6.33. The first-order valence-electron chi connectivity index (χ1n) is 10.1. The lowest BCUT2D eigenvalue weighted by molar-refractivity contribution is -0.116. The van der Waals surface area contributed by atoms with E-state index in [9.17, 15) is 9.59 Å². The Labute approximate surface area is 186 Å². The SMILES string of the molecule is Cc1ccc(NC(=O)CCN2CC3CN(C(=O)c4ncccc4Cl)CC3C2)cc1Cl. The van der Waals surface area contributed by atoms with Gasteiger partial charge in [-0.2, -0.15) is 0 Å². The number of hydrogen-bond donors (Lipinski definition) is 1. The van der Waals surface area contributed by atoms with E-state index in [4.69, 9.17) is 23.2 Å². The molecule has 0 saturated carbocycles. The monoisotopic (exact) mass is 446 g/mol. The first-order valence-corrected chi connectivity index (χ1v) is 10.8. The fraction of sp³-hybridized carbons (Fsp3) is 0.409. The third-order valence-electron chi connectivity index (χ3n) is 5.92. The number of benzene rings is 1. The molecule has 158 valence electrons. The van der Waals surface area contributed by atoms with E-state index >= 15 is 0 Å². The smallest absolute Gasteiger partial charge is 0.274 e. The highest BCUT2D eigenvalue weighted by atomic mass is 35.5. The Bertz CT molecular complexity index is 954. The van der Waals surface area contributed by atoms with Crippen molar-refractivity contribution in [3.63, 3.8) is 0 Å². The van der Waals surface area contributed by atoms with Crippen molar-refractivity contribution in [2.24, 2.45) is 11.8 Å². The van der Waals surface area contributed by atoms with Gasteiger partial charge in [-0.05, 0) is 48.6 Å².